The lowest BCUT2D eigenvalue weighted by molar-refractivity contribution is 0.498. The van der Waals surface area contributed by atoms with E-state index < -0.39 is 0 Å². The number of nitrogens with one attached hydrogen (secondary N) is 1. The van der Waals surface area contributed by atoms with Crippen molar-refractivity contribution in [1.82, 2.24) is 10.3 Å². The average Bonchev–Trinajstić information content (AvgIpc) is 2.28. The molecule has 2 heteroatoms. The number of rotatable bonds is 7. The molecule has 1 N–H and O–H groups in total. The van der Waals surface area contributed by atoms with E-state index in [1.165, 1.54) is 24.8 Å². The summed E-state index contributed by atoms with van der Waals surface area (Å²) in [4.78, 5) is 4.01. The molecule has 0 aromatic carbocycles. The molecule has 0 aliphatic heterocycles. The van der Waals surface area contributed by atoms with Crippen LogP contribution in [0.15, 0.2) is 24.5 Å². The van der Waals surface area contributed by atoms with Gasteiger partial charge in [0.15, 0.2) is 0 Å². The van der Waals surface area contributed by atoms with Crippen molar-refractivity contribution in [2.45, 2.75) is 45.6 Å². The van der Waals surface area contributed by atoms with Crippen LogP contribution in [0.3, 0.4) is 0 Å². The van der Waals surface area contributed by atoms with E-state index in [1.54, 1.807) is 0 Å². The Balaban J connectivity index is 2.11. The topological polar surface area (TPSA) is 24.9 Å². The molecule has 1 unspecified atom stereocenters. The van der Waals surface area contributed by atoms with Crippen molar-refractivity contribution >= 4 is 0 Å². The van der Waals surface area contributed by atoms with Gasteiger partial charge in [-0.3, -0.25) is 4.98 Å². The van der Waals surface area contributed by atoms with E-state index in [0.29, 0.717) is 6.04 Å². The van der Waals surface area contributed by atoms with Gasteiger partial charge in [0.25, 0.3) is 0 Å². The molecule has 0 bridgehead atoms. The molecule has 0 saturated carbocycles. The van der Waals surface area contributed by atoms with Gasteiger partial charge in [0.1, 0.15) is 0 Å². The lowest BCUT2D eigenvalue weighted by Gasteiger charge is -2.12. The molecule has 15 heavy (non-hydrogen) atoms. The maximum absolute atomic E-state index is 4.01. The highest BCUT2D eigenvalue weighted by atomic mass is 14.9. The first kappa shape index (κ1) is 12.2. The Morgan fingerprint density at radius 2 is 2.07 bits per heavy atom. The molecule has 1 heterocycles. The third-order valence-corrected chi connectivity index (χ3v) is 2.65. The lowest BCUT2D eigenvalue weighted by atomic mass is 10.1. The Morgan fingerprint density at radius 1 is 1.33 bits per heavy atom. The highest BCUT2D eigenvalue weighted by molar-refractivity contribution is 5.09. The van der Waals surface area contributed by atoms with Crippen LogP contribution in [0, 0.1) is 0 Å². The Morgan fingerprint density at radius 3 is 2.73 bits per heavy atom. The molecule has 0 fully saturated rings. The summed E-state index contributed by atoms with van der Waals surface area (Å²) in [6, 6.07) is 4.81. The van der Waals surface area contributed by atoms with Crippen LogP contribution in [-0.2, 0) is 6.42 Å². The van der Waals surface area contributed by atoms with Gasteiger partial charge in [-0.15, -0.1) is 0 Å². The van der Waals surface area contributed by atoms with Gasteiger partial charge in [-0.2, -0.15) is 0 Å². The molecule has 1 aromatic rings. The van der Waals surface area contributed by atoms with Crippen molar-refractivity contribution in [3.63, 3.8) is 0 Å². The molecule has 0 radical (unpaired) electrons. The van der Waals surface area contributed by atoms with Gasteiger partial charge in [-0.05, 0) is 44.0 Å². The SMILES string of the molecule is CCCCC(C)NCCc1ccncc1. The summed E-state index contributed by atoms with van der Waals surface area (Å²) in [5, 5.41) is 3.55. The van der Waals surface area contributed by atoms with Crippen LogP contribution in [-0.4, -0.2) is 17.6 Å². The number of hydrogen-bond donors (Lipinski definition) is 1. The Kier molecular flexibility index (Phi) is 6.02. The van der Waals surface area contributed by atoms with E-state index in [0.717, 1.165) is 13.0 Å². The first-order valence-electron chi connectivity index (χ1n) is 5.95. The van der Waals surface area contributed by atoms with Crippen molar-refractivity contribution in [2.24, 2.45) is 0 Å². The monoisotopic (exact) mass is 206 g/mol. The number of unbranched alkanes of at least 4 members (excludes halogenated alkanes) is 1. The highest BCUT2D eigenvalue weighted by Crippen LogP contribution is 2.00. The van der Waals surface area contributed by atoms with Gasteiger partial charge in [-0.25, -0.2) is 0 Å². The highest BCUT2D eigenvalue weighted by Gasteiger charge is 1.99. The molecule has 1 atom stereocenters. The minimum atomic E-state index is 0.645. The normalized spacial score (nSPS) is 12.7. The Labute approximate surface area is 93.1 Å². The van der Waals surface area contributed by atoms with E-state index in [2.05, 4.69) is 36.3 Å². The van der Waals surface area contributed by atoms with E-state index in [-0.39, 0.29) is 0 Å². The van der Waals surface area contributed by atoms with E-state index >= 15 is 0 Å². The first-order chi connectivity index (χ1) is 7.33. The third-order valence-electron chi connectivity index (χ3n) is 2.65. The molecule has 2 nitrogen and oxygen atoms in total. The molecule has 0 saturated heterocycles. The fourth-order valence-electron chi connectivity index (χ4n) is 1.62. The van der Waals surface area contributed by atoms with Crippen LogP contribution in [0.5, 0.6) is 0 Å². The molecular weight excluding hydrogens is 184 g/mol. The van der Waals surface area contributed by atoms with Gasteiger partial charge >= 0.3 is 0 Å². The first-order valence-corrected chi connectivity index (χ1v) is 5.95. The summed E-state index contributed by atoms with van der Waals surface area (Å²) in [5.41, 5.74) is 1.36. The Hall–Kier alpha value is -0.890. The van der Waals surface area contributed by atoms with Crippen molar-refractivity contribution < 1.29 is 0 Å². The van der Waals surface area contributed by atoms with Gasteiger partial charge in [-0.1, -0.05) is 19.8 Å². The standard InChI is InChI=1S/C13H22N2/c1-3-4-5-12(2)15-11-8-13-6-9-14-10-7-13/h6-7,9-10,12,15H,3-5,8,11H2,1-2H3. The number of hydrogen-bond acceptors (Lipinski definition) is 2. The summed E-state index contributed by atoms with van der Waals surface area (Å²) in [6.45, 7) is 5.57. The minimum absolute atomic E-state index is 0.645. The maximum Gasteiger partial charge on any atom is 0.0270 e. The van der Waals surface area contributed by atoms with Gasteiger partial charge in [0.05, 0.1) is 0 Å². The smallest absolute Gasteiger partial charge is 0.0270 e. The summed E-state index contributed by atoms with van der Waals surface area (Å²) >= 11 is 0. The molecule has 0 amide bonds. The molecule has 0 aliphatic rings. The minimum Gasteiger partial charge on any atom is -0.314 e. The van der Waals surface area contributed by atoms with Crippen molar-refractivity contribution in [2.75, 3.05) is 6.54 Å². The van der Waals surface area contributed by atoms with Crippen LogP contribution < -0.4 is 5.32 Å². The predicted octanol–water partition coefficient (Wildman–Crippen LogP) is 2.79. The summed E-state index contributed by atoms with van der Waals surface area (Å²) in [5.74, 6) is 0. The molecule has 84 valence electrons. The van der Waals surface area contributed by atoms with Gasteiger partial charge in [0.2, 0.25) is 0 Å². The molecule has 1 rings (SSSR count). The summed E-state index contributed by atoms with van der Waals surface area (Å²) < 4.78 is 0. The zero-order valence-corrected chi connectivity index (χ0v) is 9.87. The second kappa shape index (κ2) is 7.41. The molecular formula is C13H22N2. The predicted molar refractivity (Wildman–Crippen MR) is 64.9 cm³/mol. The molecule has 1 aromatic heterocycles. The van der Waals surface area contributed by atoms with Crippen molar-refractivity contribution in [3.05, 3.63) is 30.1 Å². The van der Waals surface area contributed by atoms with Crippen LogP contribution in [0.1, 0.15) is 38.7 Å². The van der Waals surface area contributed by atoms with E-state index in [9.17, 15) is 0 Å². The van der Waals surface area contributed by atoms with Crippen molar-refractivity contribution in [1.29, 1.82) is 0 Å². The van der Waals surface area contributed by atoms with E-state index in [4.69, 9.17) is 0 Å². The largest absolute Gasteiger partial charge is 0.314 e. The lowest BCUT2D eigenvalue weighted by Crippen LogP contribution is -2.27. The maximum atomic E-state index is 4.01. The van der Waals surface area contributed by atoms with Crippen LogP contribution in [0.25, 0.3) is 0 Å². The van der Waals surface area contributed by atoms with Gasteiger partial charge in [0, 0.05) is 18.4 Å². The van der Waals surface area contributed by atoms with Crippen LogP contribution >= 0.6 is 0 Å². The number of aromatic nitrogens is 1. The summed E-state index contributed by atoms with van der Waals surface area (Å²) in [7, 11) is 0. The summed E-state index contributed by atoms with van der Waals surface area (Å²) in [6.07, 6.45) is 8.71. The van der Waals surface area contributed by atoms with Crippen LogP contribution in [0.4, 0.5) is 0 Å². The average molecular weight is 206 g/mol. The zero-order chi connectivity index (χ0) is 10.9. The fourth-order valence-corrected chi connectivity index (χ4v) is 1.62. The third kappa shape index (κ3) is 5.53. The fraction of sp³-hybridized carbons (Fsp3) is 0.615. The number of nitrogens with zero attached hydrogens (tertiary/aromatic N) is 1. The quantitative estimate of drug-likeness (QED) is 0.742. The van der Waals surface area contributed by atoms with E-state index in [1.807, 2.05) is 12.4 Å². The van der Waals surface area contributed by atoms with Crippen molar-refractivity contribution in [3.8, 4) is 0 Å². The van der Waals surface area contributed by atoms with Crippen LogP contribution in [0.2, 0.25) is 0 Å². The molecule has 0 aliphatic carbocycles. The number of pyridine rings is 1. The zero-order valence-electron chi connectivity index (χ0n) is 9.87. The Bertz CT molecular complexity index is 246. The molecule has 0 spiro atoms. The second-order valence-corrected chi connectivity index (χ2v) is 4.10. The second-order valence-electron chi connectivity index (χ2n) is 4.10. The van der Waals surface area contributed by atoms with Gasteiger partial charge < -0.3 is 5.32 Å².